The minimum atomic E-state index is -0.992. The number of amides is 1. The fourth-order valence-corrected chi connectivity index (χ4v) is 2.05. The number of rotatable bonds is 2. The Hall–Kier alpha value is -2.09. The van der Waals surface area contributed by atoms with E-state index < -0.39 is 11.0 Å². The van der Waals surface area contributed by atoms with Gasteiger partial charge in [0.2, 0.25) is 5.82 Å². The predicted octanol–water partition coefficient (Wildman–Crippen LogP) is 1.44. The van der Waals surface area contributed by atoms with Crippen molar-refractivity contribution in [2.24, 2.45) is 0 Å². The first-order chi connectivity index (χ1) is 8.99. The van der Waals surface area contributed by atoms with E-state index >= 15 is 0 Å². The maximum absolute atomic E-state index is 10.9. The van der Waals surface area contributed by atoms with Crippen LogP contribution in [-0.2, 0) is 0 Å². The third-order valence-electron chi connectivity index (χ3n) is 2.87. The molecule has 8 nitrogen and oxygen atoms in total. The number of nitro groups is 1. The molecule has 1 aromatic heterocycles. The van der Waals surface area contributed by atoms with Crippen LogP contribution in [-0.4, -0.2) is 52.2 Å². The zero-order valence-electron chi connectivity index (χ0n) is 9.82. The lowest BCUT2D eigenvalue weighted by molar-refractivity contribution is -0.384. The molecule has 1 aliphatic rings. The largest absolute Gasteiger partial charge is 0.465 e. The molecule has 0 radical (unpaired) electrons. The summed E-state index contributed by atoms with van der Waals surface area (Å²) >= 11 is 5.75. The minimum absolute atomic E-state index is 0.131. The van der Waals surface area contributed by atoms with Crippen molar-refractivity contribution in [2.75, 3.05) is 31.1 Å². The van der Waals surface area contributed by atoms with Gasteiger partial charge in [0.05, 0.1) is 4.92 Å². The van der Waals surface area contributed by atoms with Crippen LogP contribution in [0.2, 0.25) is 5.15 Å². The van der Waals surface area contributed by atoms with Crippen LogP contribution in [0.3, 0.4) is 0 Å². The molecule has 1 aliphatic heterocycles. The maximum atomic E-state index is 10.9. The monoisotopic (exact) mass is 286 g/mol. The van der Waals surface area contributed by atoms with E-state index in [1.165, 1.54) is 17.0 Å². The van der Waals surface area contributed by atoms with Gasteiger partial charge >= 0.3 is 11.8 Å². The van der Waals surface area contributed by atoms with Crippen LogP contribution in [0.5, 0.6) is 0 Å². The second kappa shape index (κ2) is 5.27. The first kappa shape index (κ1) is 13.3. The molecule has 102 valence electrons. The summed E-state index contributed by atoms with van der Waals surface area (Å²) in [5, 5.41) is 20.0. The van der Waals surface area contributed by atoms with Gasteiger partial charge < -0.3 is 14.9 Å². The lowest BCUT2D eigenvalue weighted by atomic mass is 10.3. The molecule has 19 heavy (non-hydrogen) atoms. The summed E-state index contributed by atoms with van der Waals surface area (Å²) in [7, 11) is 0. The molecule has 2 rings (SSSR count). The summed E-state index contributed by atoms with van der Waals surface area (Å²) in [5.74, 6) is 0.183. The number of hydrogen-bond donors (Lipinski definition) is 1. The standard InChI is InChI=1S/C10H11ClN4O4/c11-8-2-1-7(15(18)19)9(12-8)13-3-5-14(6-4-13)10(16)17/h1-2H,3-6H2,(H,16,17). The van der Waals surface area contributed by atoms with Crippen LogP contribution < -0.4 is 4.90 Å². The predicted molar refractivity (Wildman–Crippen MR) is 67.7 cm³/mol. The Morgan fingerprint density at radius 3 is 2.53 bits per heavy atom. The Kier molecular flexibility index (Phi) is 3.70. The summed E-state index contributed by atoms with van der Waals surface area (Å²) < 4.78 is 0. The van der Waals surface area contributed by atoms with Gasteiger partial charge in [0.25, 0.3) is 0 Å². The molecule has 0 aliphatic carbocycles. The van der Waals surface area contributed by atoms with Crippen LogP contribution in [0.15, 0.2) is 12.1 Å². The number of anilines is 1. The lowest BCUT2D eigenvalue weighted by Gasteiger charge is -2.33. The highest BCUT2D eigenvalue weighted by atomic mass is 35.5. The fourth-order valence-electron chi connectivity index (χ4n) is 1.90. The van der Waals surface area contributed by atoms with Crippen LogP contribution in [0.4, 0.5) is 16.3 Å². The van der Waals surface area contributed by atoms with Gasteiger partial charge in [-0.2, -0.15) is 0 Å². The van der Waals surface area contributed by atoms with E-state index in [9.17, 15) is 14.9 Å². The molecule has 1 N–H and O–H groups in total. The van der Waals surface area contributed by atoms with Crippen molar-refractivity contribution in [3.8, 4) is 0 Å². The van der Waals surface area contributed by atoms with E-state index in [-0.39, 0.29) is 29.7 Å². The maximum Gasteiger partial charge on any atom is 0.407 e. The molecule has 1 aromatic rings. The van der Waals surface area contributed by atoms with Crippen LogP contribution >= 0.6 is 11.6 Å². The molecule has 0 saturated carbocycles. The van der Waals surface area contributed by atoms with E-state index in [1.54, 1.807) is 4.90 Å². The van der Waals surface area contributed by atoms with Crippen molar-refractivity contribution in [2.45, 2.75) is 0 Å². The van der Waals surface area contributed by atoms with Crippen molar-refractivity contribution >= 4 is 29.2 Å². The van der Waals surface area contributed by atoms with Crippen LogP contribution in [0, 0.1) is 10.1 Å². The van der Waals surface area contributed by atoms with E-state index in [4.69, 9.17) is 16.7 Å². The SMILES string of the molecule is O=C(O)N1CCN(c2nc(Cl)ccc2[N+](=O)[O-])CC1. The van der Waals surface area contributed by atoms with Gasteiger partial charge in [-0.25, -0.2) is 9.78 Å². The van der Waals surface area contributed by atoms with Crippen molar-refractivity contribution in [1.29, 1.82) is 0 Å². The minimum Gasteiger partial charge on any atom is -0.465 e. The Labute approximate surface area is 113 Å². The summed E-state index contributed by atoms with van der Waals surface area (Å²) in [4.78, 5) is 28.1. The summed E-state index contributed by atoms with van der Waals surface area (Å²) in [6, 6.07) is 2.66. The Morgan fingerprint density at radius 1 is 1.37 bits per heavy atom. The molecule has 1 amide bonds. The molecule has 0 aromatic carbocycles. The number of halogens is 1. The second-order valence-electron chi connectivity index (χ2n) is 3.99. The second-order valence-corrected chi connectivity index (χ2v) is 4.38. The Morgan fingerprint density at radius 2 is 2.00 bits per heavy atom. The van der Waals surface area contributed by atoms with E-state index in [0.29, 0.717) is 13.1 Å². The molecule has 1 fully saturated rings. The van der Waals surface area contributed by atoms with Gasteiger partial charge in [0.15, 0.2) is 0 Å². The molecule has 1 saturated heterocycles. The number of carboxylic acid groups (broad SMARTS) is 1. The molecule has 0 unspecified atom stereocenters. The normalized spacial score (nSPS) is 15.4. The Bertz CT molecular complexity index is 516. The van der Waals surface area contributed by atoms with Gasteiger partial charge in [0, 0.05) is 32.2 Å². The van der Waals surface area contributed by atoms with E-state index in [0.717, 1.165) is 0 Å². The highest BCUT2D eigenvalue weighted by molar-refractivity contribution is 6.29. The summed E-state index contributed by atoms with van der Waals surface area (Å²) in [5.41, 5.74) is -0.131. The number of carbonyl (C=O) groups is 1. The van der Waals surface area contributed by atoms with Gasteiger partial charge in [-0.1, -0.05) is 11.6 Å². The zero-order chi connectivity index (χ0) is 14.0. The highest BCUT2D eigenvalue weighted by Gasteiger charge is 2.26. The van der Waals surface area contributed by atoms with Crippen molar-refractivity contribution in [3.63, 3.8) is 0 Å². The number of aromatic nitrogens is 1. The molecule has 2 heterocycles. The summed E-state index contributed by atoms with van der Waals surface area (Å²) in [6.07, 6.45) is -0.992. The van der Waals surface area contributed by atoms with Gasteiger partial charge in [-0.3, -0.25) is 10.1 Å². The fraction of sp³-hybridized carbons (Fsp3) is 0.400. The quantitative estimate of drug-likeness (QED) is 0.502. The average molecular weight is 287 g/mol. The third-order valence-corrected chi connectivity index (χ3v) is 3.08. The number of piperazine rings is 1. The molecular formula is C10H11ClN4O4. The number of hydrogen-bond acceptors (Lipinski definition) is 5. The summed E-state index contributed by atoms with van der Waals surface area (Å²) in [6.45, 7) is 1.25. The van der Waals surface area contributed by atoms with Crippen LogP contribution in [0.25, 0.3) is 0 Å². The van der Waals surface area contributed by atoms with E-state index in [2.05, 4.69) is 4.98 Å². The van der Waals surface area contributed by atoms with Gasteiger partial charge in [-0.05, 0) is 6.07 Å². The first-order valence-corrected chi connectivity index (χ1v) is 5.90. The van der Waals surface area contributed by atoms with Crippen molar-refractivity contribution in [1.82, 2.24) is 9.88 Å². The molecule has 9 heteroatoms. The lowest BCUT2D eigenvalue weighted by Crippen LogP contribution is -2.48. The molecule has 0 atom stereocenters. The number of pyridine rings is 1. The van der Waals surface area contributed by atoms with Crippen molar-refractivity contribution in [3.05, 3.63) is 27.4 Å². The Balaban J connectivity index is 2.21. The molecule has 0 bridgehead atoms. The first-order valence-electron chi connectivity index (χ1n) is 5.53. The zero-order valence-corrected chi connectivity index (χ0v) is 10.6. The number of nitrogens with zero attached hydrogens (tertiary/aromatic N) is 4. The van der Waals surface area contributed by atoms with Gasteiger partial charge in [-0.15, -0.1) is 0 Å². The smallest absolute Gasteiger partial charge is 0.407 e. The third kappa shape index (κ3) is 2.84. The van der Waals surface area contributed by atoms with Gasteiger partial charge in [0.1, 0.15) is 5.15 Å². The molecule has 0 spiro atoms. The highest BCUT2D eigenvalue weighted by Crippen LogP contribution is 2.28. The van der Waals surface area contributed by atoms with Crippen LogP contribution in [0.1, 0.15) is 0 Å². The average Bonchev–Trinajstić information content (AvgIpc) is 2.38. The topological polar surface area (TPSA) is 99.8 Å². The molecular weight excluding hydrogens is 276 g/mol. The van der Waals surface area contributed by atoms with Crippen molar-refractivity contribution < 1.29 is 14.8 Å². The van der Waals surface area contributed by atoms with E-state index in [1.807, 2.05) is 0 Å².